The van der Waals surface area contributed by atoms with Gasteiger partial charge in [-0.3, -0.25) is 4.98 Å². The molecule has 0 unspecified atom stereocenters. The van der Waals surface area contributed by atoms with Crippen molar-refractivity contribution in [1.82, 2.24) is 15.1 Å². The summed E-state index contributed by atoms with van der Waals surface area (Å²) in [7, 11) is 0. The number of nitrogens with zero attached hydrogens (tertiary/aromatic N) is 4. The van der Waals surface area contributed by atoms with Crippen molar-refractivity contribution in [3.63, 3.8) is 0 Å². The van der Waals surface area contributed by atoms with Crippen molar-refractivity contribution in [2.75, 3.05) is 0 Å². The van der Waals surface area contributed by atoms with E-state index in [1.807, 2.05) is 6.07 Å². The molecular formula is C26H21Cl2FN4O3S. The molecular weight excluding hydrogens is 538 g/mol. The number of nitriles is 1. The minimum absolute atomic E-state index is 0.0882. The molecule has 6 rings (SSSR count). The van der Waals surface area contributed by atoms with Crippen LogP contribution in [0.2, 0.25) is 10.0 Å². The minimum Gasteiger partial charge on any atom is -0.383 e. The number of thiazole rings is 1. The third kappa shape index (κ3) is 4.62. The van der Waals surface area contributed by atoms with Gasteiger partial charge >= 0.3 is 0 Å². The summed E-state index contributed by atoms with van der Waals surface area (Å²) in [6, 6.07) is 4.73. The third-order valence-electron chi connectivity index (χ3n) is 7.06. The summed E-state index contributed by atoms with van der Waals surface area (Å²) in [5, 5.41) is 26.0. The highest BCUT2D eigenvalue weighted by molar-refractivity contribution is 7.18. The van der Waals surface area contributed by atoms with Crippen LogP contribution in [0.15, 0.2) is 29.0 Å². The molecule has 0 atom stereocenters. The lowest BCUT2D eigenvalue weighted by molar-refractivity contribution is -0.0641. The highest BCUT2D eigenvalue weighted by Crippen LogP contribution is 2.47. The van der Waals surface area contributed by atoms with E-state index >= 15 is 0 Å². The molecule has 0 bridgehead atoms. The molecule has 3 heterocycles. The van der Waals surface area contributed by atoms with E-state index in [1.54, 1.807) is 6.07 Å². The molecule has 2 saturated carbocycles. The van der Waals surface area contributed by atoms with E-state index in [4.69, 9.17) is 37.7 Å². The van der Waals surface area contributed by atoms with Crippen LogP contribution in [0.1, 0.15) is 66.3 Å². The summed E-state index contributed by atoms with van der Waals surface area (Å²) in [6.45, 7) is 0.284. The largest absolute Gasteiger partial charge is 0.383 e. The first-order valence-corrected chi connectivity index (χ1v) is 13.6. The number of aliphatic hydroxyl groups is 1. The van der Waals surface area contributed by atoms with Crippen LogP contribution in [0.5, 0.6) is 0 Å². The molecule has 0 amide bonds. The summed E-state index contributed by atoms with van der Waals surface area (Å²) >= 11 is 14.0. The van der Waals surface area contributed by atoms with E-state index in [1.165, 1.54) is 29.8 Å². The first kappa shape index (κ1) is 24.7. The molecule has 7 nitrogen and oxygen atoms in total. The maximum Gasteiger partial charge on any atom is 0.151 e. The van der Waals surface area contributed by atoms with E-state index < -0.39 is 11.4 Å². The van der Waals surface area contributed by atoms with E-state index in [2.05, 4.69) is 15.1 Å². The van der Waals surface area contributed by atoms with Crippen molar-refractivity contribution < 1.29 is 18.8 Å². The molecule has 2 aliphatic rings. The molecule has 11 heteroatoms. The third-order valence-corrected chi connectivity index (χ3v) is 8.82. The lowest BCUT2D eigenvalue weighted by Crippen LogP contribution is -2.34. The van der Waals surface area contributed by atoms with Crippen molar-refractivity contribution in [2.45, 2.75) is 62.8 Å². The fourth-order valence-corrected chi connectivity index (χ4v) is 6.57. The Kier molecular flexibility index (Phi) is 6.42. The van der Waals surface area contributed by atoms with Gasteiger partial charge in [-0.25, -0.2) is 9.37 Å². The number of rotatable bonds is 6. The molecule has 0 aliphatic heterocycles. The first-order chi connectivity index (χ1) is 17.9. The van der Waals surface area contributed by atoms with Gasteiger partial charge < -0.3 is 14.4 Å². The quantitative estimate of drug-likeness (QED) is 0.274. The summed E-state index contributed by atoms with van der Waals surface area (Å²) in [5.74, 6) is 0.568. The Morgan fingerprint density at radius 3 is 2.59 bits per heavy atom. The molecule has 1 aromatic carbocycles. The average molecular weight is 559 g/mol. The molecule has 2 fully saturated rings. The molecule has 0 spiro atoms. The average Bonchev–Trinajstić information content (AvgIpc) is 3.49. The molecule has 4 aromatic rings. The molecule has 0 radical (unpaired) electrons. The topological polar surface area (TPSA) is 105 Å². The van der Waals surface area contributed by atoms with Crippen molar-refractivity contribution in [3.05, 3.63) is 62.3 Å². The van der Waals surface area contributed by atoms with E-state index in [0.29, 0.717) is 62.6 Å². The Morgan fingerprint density at radius 1 is 1.19 bits per heavy atom. The van der Waals surface area contributed by atoms with Crippen LogP contribution in [0, 0.1) is 17.1 Å². The van der Waals surface area contributed by atoms with Gasteiger partial charge in [-0.15, -0.1) is 11.3 Å². The Hall–Kier alpha value is -2.61. The number of fused-ring (bicyclic) bond motifs is 1. The fourth-order valence-electron chi connectivity index (χ4n) is 4.86. The molecule has 190 valence electrons. The van der Waals surface area contributed by atoms with E-state index in [0.717, 1.165) is 24.2 Å². The summed E-state index contributed by atoms with van der Waals surface area (Å²) < 4.78 is 27.0. The number of halogens is 3. The predicted molar refractivity (Wildman–Crippen MR) is 137 cm³/mol. The highest BCUT2D eigenvalue weighted by atomic mass is 35.5. The zero-order valence-electron chi connectivity index (χ0n) is 19.5. The van der Waals surface area contributed by atoms with Crippen molar-refractivity contribution >= 4 is 44.8 Å². The van der Waals surface area contributed by atoms with Gasteiger partial charge in [0, 0.05) is 29.4 Å². The van der Waals surface area contributed by atoms with E-state index in [9.17, 15) is 9.50 Å². The molecule has 3 aromatic heterocycles. The number of ether oxygens (including phenoxy) is 1. The highest BCUT2D eigenvalue weighted by Gasteiger charge is 2.39. The second-order valence-electron chi connectivity index (χ2n) is 9.60. The van der Waals surface area contributed by atoms with Gasteiger partial charge in [-0.2, -0.15) is 5.26 Å². The first-order valence-electron chi connectivity index (χ1n) is 12.0. The Morgan fingerprint density at radius 2 is 1.92 bits per heavy atom. The van der Waals surface area contributed by atoms with Gasteiger partial charge in [0.25, 0.3) is 0 Å². The summed E-state index contributed by atoms with van der Waals surface area (Å²) in [6.07, 6.45) is 7.10. The lowest BCUT2D eigenvalue weighted by Gasteiger charge is -2.34. The van der Waals surface area contributed by atoms with Crippen molar-refractivity contribution in [3.8, 4) is 17.3 Å². The molecule has 2 aliphatic carbocycles. The Balaban J connectivity index is 1.18. The fraction of sp³-hybridized carbons (Fsp3) is 0.385. The lowest BCUT2D eigenvalue weighted by atomic mass is 9.83. The number of pyridine rings is 1. The SMILES string of the molecule is N#Cc1cc(F)c2nc(C3(O)CCC(OCc4c(-c5c(Cl)cncc5Cl)noc4C4CC4)CC3)sc2c1. The van der Waals surface area contributed by atoms with Gasteiger partial charge in [0.15, 0.2) is 5.82 Å². The normalized spacial score (nSPS) is 21.9. The van der Waals surface area contributed by atoms with Crippen LogP contribution in [-0.4, -0.2) is 26.3 Å². The predicted octanol–water partition coefficient (Wildman–Crippen LogP) is 6.89. The van der Waals surface area contributed by atoms with Gasteiger partial charge in [-0.1, -0.05) is 28.4 Å². The summed E-state index contributed by atoms with van der Waals surface area (Å²) in [4.78, 5) is 8.41. The van der Waals surface area contributed by atoms with Crippen molar-refractivity contribution in [2.24, 2.45) is 0 Å². The maximum atomic E-state index is 14.4. The minimum atomic E-state index is -1.16. The zero-order chi connectivity index (χ0) is 25.7. The summed E-state index contributed by atoms with van der Waals surface area (Å²) in [5.41, 5.74) is 1.24. The number of hydrogen-bond acceptors (Lipinski definition) is 8. The van der Waals surface area contributed by atoms with Gasteiger partial charge in [0.2, 0.25) is 0 Å². The van der Waals surface area contributed by atoms with E-state index in [-0.39, 0.29) is 23.8 Å². The van der Waals surface area contributed by atoms with Crippen LogP contribution in [-0.2, 0) is 16.9 Å². The van der Waals surface area contributed by atoms with Crippen LogP contribution in [0.25, 0.3) is 21.5 Å². The smallest absolute Gasteiger partial charge is 0.151 e. The zero-order valence-corrected chi connectivity index (χ0v) is 21.8. The second kappa shape index (κ2) is 9.61. The Labute approximate surface area is 225 Å². The molecule has 37 heavy (non-hydrogen) atoms. The van der Waals surface area contributed by atoms with Crippen molar-refractivity contribution in [1.29, 1.82) is 5.26 Å². The second-order valence-corrected chi connectivity index (χ2v) is 11.4. The maximum absolute atomic E-state index is 14.4. The van der Waals surface area contributed by atoms with Gasteiger partial charge in [-0.05, 0) is 50.7 Å². The van der Waals surface area contributed by atoms with Gasteiger partial charge in [0.05, 0.1) is 39.1 Å². The van der Waals surface area contributed by atoms with Crippen LogP contribution >= 0.6 is 34.5 Å². The van der Waals surface area contributed by atoms with Crippen LogP contribution in [0.4, 0.5) is 4.39 Å². The Bertz CT molecular complexity index is 1520. The standard InChI is InChI=1S/C26H21Cl2FN4O3S/c27-17-10-31-11-18(28)21(17)22-16(24(36-33-22)14-1-2-14)12-35-15-3-5-26(34,6-4-15)25-32-23-19(29)7-13(9-30)8-20(23)37-25/h7-8,10-11,14-15,34H,1-6,12H2. The number of aromatic nitrogens is 3. The number of benzene rings is 1. The monoisotopic (exact) mass is 558 g/mol. The van der Waals surface area contributed by atoms with Gasteiger partial charge in [0.1, 0.15) is 27.6 Å². The molecule has 1 N–H and O–H groups in total. The van der Waals surface area contributed by atoms with Crippen LogP contribution < -0.4 is 0 Å². The number of hydrogen-bond donors (Lipinski definition) is 1. The van der Waals surface area contributed by atoms with Crippen LogP contribution in [0.3, 0.4) is 0 Å². The molecule has 0 saturated heterocycles.